The van der Waals surface area contributed by atoms with Crippen LogP contribution in [0.1, 0.15) is 15.9 Å². The molecule has 3 N–H and O–H groups in total. The highest BCUT2D eigenvalue weighted by atomic mass is 32.2. The number of nitrogens with two attached hydrogens (primary N) is 1. The van der Waals surface area contributed by atoms with Crippen molar-refractivity contribution in [3.8, 4) is 5.69 Å². The fraction of sp³-hybridized carbons (Fsp3) is 0.357. The average molecular weight is 431 g/mol. The molecule has 1 aromatic carbocycles. The number of halogens is 7. The molecule has 0 atom stereocenters. The van der Waals surface area contributed by atoms with Gasteiger partial charge in [-0.25, -0.2) is 4.39 Å². The van der Waals surface area contributed by atoms with Crippen molar-refractivity contribution in [3.63, 3.8) is 0 Å². The van der Waals surface area contributed by atoms with E-state index < -0.39 is 53.2 Å². The molecular formula is C14H12F7N5OS. The molecule has 6 nitrogen and oxygen atoms in total. The van der Waals surface area contributed by atoms with E-state index in [2.05, 4.69) is 10.1 Å². The van der Waals surface area contributed by atoms with Crippen molar-refractivity contribution in [2.45, 2.75) is 24.4 Å². The Morgan fingerprint density at radius 2 is 1.86 bits per heavy atom. The lowest BCUT2D eigenvalue weighted by Crippen LogP contribution is -2.34. The summed E-state index contributed by atoms with van der Waals surface area (Å²) in [5, 5.41) is 4.90. The second-order valence-corrected chi connectivity index (χ2v) is 6.43. The Balaban J connectivity index is 2.33. The van der Waals surface area contributed by atoms with Crippen LogP contribution in [0.15, 0.2) is 17.3 Å². The van der Waals surface area contributed by atoms with Gasteiger partial charge in [-0.2, -0.15) is 36.0 Å². The molecule has 28 heavy (non-hydrogen) atoms. The number of hydrogen-bond donors (Lipinski definition) is 2. The molecule has 0 unspecified atom stereocenters. The number of thioether (sulfide) groups is 1. The van der Waals surface area contributed by atoms with E-state index in [1.807, 2.05) is 0 Å². The van der Waals surface area contributed by atoms with Crippen LogP contribution in [-0.2, 0) is 0 Å². The number of hydrogen-bond acceptors (Lipinski definition) is 5. The SMILES string of the molecule is Cc1cc(F)c(-n2nc(SCC(F)(F)F)nc2N)cc1C(=O)NCC(F)(F)F. The second kappa shape index (κ2) is 7.85. The van der Waals surface area contributed by atoms with E-state index in [0.29, 0.717) is 4.68 Å². The molecule has 0 spiro atoms. The van der Waals surface area contributed by atoms with Crippen LogP contribution in [0.5, 0.6) is 0 Å². The van der Waals surface area contributed by atoms with E-state index in [0.717, 1.165) is 12.1 Å². The summed E-state index contributed by atoms with van der Waals surface area (Å²) in [6, 6.07) is 1.75. The predicted molar refractivity (Wildman–Crippen MR) is 85.6 cm³/mol. The van der Waals surface area contributed by atoms with Crippen LogP contribution < -0.4 is 11.1 Å². The minimum absolute atomic E-state index is 0.0336. The van der Waals surface area contributed by atoms with Crippen molar-refractivity contribution in [1.29, 1.82) is 0 Å². The smallest absolute Gasteiger partial charge is 0.368 e. The van der Waals surface area contributed by atoms with E-state index >= 15 is 0 Å². The highest BCUT2D eigenvalue weighted by Crippen LogP contribution is 2.27. The third kappa shape index (κ3) is 5.74. The van der Waals surface area contributed by atoms with Crippen LogP contribution >= 0.6 is 11.8 Å². The molecule has 0 saturated carbocycles. The lowest BCUT2D eigenvalue weighted by atomic mass is 10.1. The van der Waals surface area contributed by atoms with Gasteiger partial charge in [-0.3, -0.25) is 4.79 Å². The molecular weight excluding hydrogens is 419 g/mol. The van der Waals surface area contributed by atoms with Gasteiger partial charge in [0.25, 0.3) is 5.91 Å². The second-order valence-electron chi connectivity index (χ2n) is 5.48. The number of benzene rings is 1. The Morgan fingerprint density at radius 3 is 2.43 bits per heavy atom. The van der Waals surface area contributed by atoms with Crippen molar-refractivity contribution in [2.75, 3.05) is 18.0 Å². The van der Waals surface area contributed by atoms with Gasteiger partial charge in [-0.1, -0.05) is 11.8 Å². The van der Waals surface area contributed by atoms with Gasteiger partial charge in [0.2, 0.25) is 11.1 Å². The predicted octanol–water partition coefficient (Wildman–Crippen LogP) is 3.24. The molecule has 0 aliphatic carbocycles. The van der Waals surface area contributed by atoms with Gasteiger partial charge in [0.05, 0.1) is 5.75 Å². The number of nitrogens with one attached hydrogen (secondary N) is 1. The number of aryl methyl sites for hydroxylation is 1. The summed E-state index contributed by atoms with van der Waals surface area (Å²) in [6.07, 6.45) is -9.14. The number of nitrogens with zero attached hydrogens (tertiary/aromatic N) is 3. The molecule has 0 aliphatic rings. The Hall–Kier alpha value is -2.51. The maximum Gasteiger partial charge on any atom is 0.405 e. The van der Waals surface area contributed by atoms with Crippen molar-refractivity contribution < 1.29 is 35.5 Å². The number of alkyl halides is 6. The molecule has 0 radical (unpaired) electrons. The molecule has 0 bridgehead atoms. The summed E-state index contributed by atoms with van der Waals surface area (Å²) in [5.41, 5.74) is 4.83. The number of anilines is 1. The summed E-state index contributed by atoms with van der Waals surface area (Å²) >= 11 is 0.213. The molecule has 0 saturated heterocycles. The molecule has 0 aliphatic heterocycles. The summed E-state index contributed by atoms with van der Waals surface area (Å²) in [6.45, 7) is -0.299. The van der Waals surface area contributed by atoms with Gasteiger partial charge in [-0.05, 0) is 24.6 Å². The van der Waals surface area contributed by atoms with Crippen molar-refractivity contribution in [1.82, 2.24) is 20.1 Å². The topological polar surface area (TPSA) is 85.8 Å². The van der Waals surface area contributed by atoms with Crippen LogP contribution in [0.2, 0.25) is 0 Å². The van der Waals surface area contributed by atoms with Crippen molar-refractivity contribution in [3.05, 3.63) is 29.1 Å². The quantitative estimate of drug-likeness (QED) is 0.561. The Morgan fingerprint density at radius 1 is 1.21 bits per heavy atom. The maximum absolute atomic E-state index is 14.3. The van der Waals surface area contributed by atoms with Crippen LogP contribution in [0.25, 0.3) is 5.69 Å². The largest absolute Gasteiger partial charge is 0.405 e. The minimum atomic E-state index is -4.65. The van der Waals surface area contributed by atoms with Gasteiger partial charge in [-0.15, -0.1) is 5.10 Å². The van der Waals surface area contributed by atoms with Crippen molar-refractivity contribution >= 4 is 23.6 Å². The highest BCUT2D eigenvalue weighted by Gasteiger charge is 2.30. The molecule has 2 rings (SSSR count). The number of nitrogen functional groups attached to an aromatic ring is 1. The Bertz CT molecular complexity index is 878. The molecule has 1 amide bonds. The normalized spacial score (nSPS) is 12.3. The number of carbonyl (C=O) groups excluding carboxylic acids is 1. The minimum Gasteiger partial charge on any atom is -0.368 e. The number of carbonyl (C=O) groups is 1. The number of rotatable bonds is 5. The van der Waals surface area contributed by atoms with E-state index in [4.69, 9.17) is 5.73 Å². The van der Waals surface area contributed by atoms with E-state index in [1.54, 1.807) is 5.32 Å². The zero-order valence-corrected chi connectivity index (χ0v) is 14.8. The third-order valence-electron chi connectivity index (χ3n) is 3.19. The van der Waals surface area contributed by atoms with Gasteiger partial charge in [0.1, 0.15) is 18.0 Å². The summed E-state index contributed by atoms with van der Waals surface area (Å²) in [7, 11) is 0. The lowest BCUT2D eigenvalue weighted by Gasteiger charge is -2.12. The highest BCUT2D eigenvalue weighted by molar-refractivity contribution is 7.99. The molecule has 1 aromatic heterocycles. The number of amides is 1. The van der Waals surface area contributed by atoms with E-state index in [1.165, 1.54) is 6.92 Å². The van der Waals surface area contributed by atoms with Gasteiger partial charge in [0.15, 0.2) is 0 Å². The first kappa shape index (κ1) is 21.8. The lowest BCUT2D eigenvalue weighted by molar-refractivity contribution is -0.123. The zero-order chi connectivity index (χ0) is 21.3. The van der Waals surface area contributed by atoms with Crippen LogP contribution in [-0.4, -0.2) is 45.3 Å². The fourth-order valence-electron chi connectivity index (χ4n) is 2.03. The molecule has 0 fully saturated rings. The zero-order valence-electron chi connectivity index (χ0n) is 14.0. The maximum atomic E-state index is 14.3. The molecule has 2 aromatic rings. The van der Waals surface area contributed by atoms with Gasteiger partial charge < -0.3 is 11.1 Å². The summed E-state index contributed by atoms with van der Waals surface area (Å²) in [4.78, 5) is 15.5. The van der Waals surface area contributed by atoms with Gasteiger partial charge >= 0.3 is 12.4 Å². The van der Waals surface area contributed by atoms with E-state index in [-0.39, 0.29) is 22.9 Å². The monoisotopic (exact) mass is 431 g/mol. The first-order chi connectivity index (χ1) is 12.8. The first-order valence-corrected chi connectivity index (χ1v) is 8.33. The number of aromatic nitrogens is 3. The van der Waals surface area contributed by atoms with Gasteiger partial charge in [0, 0.05) is 5.56 Å². The Labute approximate surface area is 157 Å². The van der Waals surface area contributed by atoms with Crippen LogP contribution in [0, 0.1) is 12.7 Å². The standard InChI is InChI=1S/C14H12F7N5OS/c1-6-2-8(15)9(3-7(6)10(27)23-4-13(16,17)18)26-11(22)24-12(25-26)28-5-14(19,20)21/h2-3H,4-5H2,1H3,(H,23,27)(H2,22,24,25). The van der Waals surface area contributed by atoms with Crippen molar-refractivity contribution in [2.24, 2.45) is 0 Å². The van der Waals surface area contributed by atoms with E-state index in [9.17, 15) is 35.5 Å². The Kier molecular flexibility index (Phi) is 6.11. The summed E-state index contributed by atoms with van der Waals surface area (Å²) < 4.78 is 88.5. The molecule has 14 heteroatoms. The molecule has 154 valence electrons. The summed E-state index contributed by atoms with van der Waals surface area (Å²) in [5.74, 6) is -3.85. The molecule has 1 heterocycles. The van der Waals surface area contributed by atoms with Crippen LogP contribution in [0.4, 0.5) is 36.7 Å². The average Bonchev–Trinajstić information content (AvgIpc) is 2.90. The fourth-order valence-corrected chi connectivity index (χ4v) is 2.62. The third-order valence-corrected chi connectivity index (χ3v) is 4.10. The van der Waals surface area contributed by atoms with Crippen LogP contribution in [0.3, 0.4) is 0 Å². The first-order valence-electron chi connectivity index (χ1n) is 7.34.